The maximum Gasteiger partial charge on any atom is 0.254 e. The van der Waals surface area contributed by atoms with Crippen LogP contribution >= 0.6 is 11.3 Å². The molecule has 152 valence electrons. The fourth-order valence-corrected chi connectivity index (χ4v) is 3.90. The van der Waals surface area contributed by atoms with Gasteiger partial charge in [0.15, 0.2) is 0 Å². The Kier molecular flexibility index (Phi) is 6.53. The summed E-state index contributed by atoms with van der Waals surface area (Å²) in [6.07, 6.45) is 0.641. The number of nitrogens with one attached hydrogen (secondary N) is 1. The first-order chi connectivity index (χ1) is 13.9. The Bertz CT molecular complexity index is 1000. The van der Waals surface area contributed by atoms with E-state index >= 15 is 0 Å². The summed E-state index contributed by atoms with van der Waals surface area (Å²) in [5.74, 6) is -2.36. The molecule has 1 unspecified atom stereocenters. The number of para-hydroxylation sites is 1. The molecule has 0 aliphatic carbocycles. The number of halogens is 2. The van der Waals surface area contributed by atoms with E-state index in [1.807, 2.05) is 31.2 Å². The standard InChI is InChI=1S/C21H21F2N3O2S/c1-13(21-25-17-6-3-4-7-18(17)29-21)26(2)19(27)8-5-11-24-20(28)15-10-9-14(22)12-16(15)23/h3-4,6-7,9-10,12-13H,5,8,11H2,1-2H3,(H,24,28). The van der Waals surface area contributed by atoms with Crippen LogP contribution in [0.25, 0.3) is 10.2 Å². The minimum atomic E-state index is -0.914. The van der Waals surface area contributed by atoms with E-state index in [-0.39, 0.29) is 30.5 Å². The highest BCUT2D eigenvalue weighted by molar-refractivity contribution is 7.18. The lowest BCUT2D eigenvalue weighted by Gasteiger charge is -2.23. The van der Waals surface area contributed by atoms with Crippen molar-refractivity contribution in [3.05, 3.63) is 64.7 Å². The maximum absolute atomic E-state index is 13.6. The molecule has 1 aromatic heterocycles. The van der Waals surface area contributed by atoms with E-state index in [4.69, 9.17) is 0 Å². The molecule has 2 amide bonds. The number of hydrogen-bond acceptors (Lipinski definition) is 4. The third-order valence-corrected chi connectivity index (χ3v) is 5.88. The number of carbonyl (C=O) groups is 2. The molecular formula is C21H21F2N3O2S. The molecule has 0 aliphatic rings. The van der Waals surface area contributed by atoms with Gasteiger partial charge in [0, 0.05) is 26.1 Å². The van der Waals surface area contributed by atoms with Crippen LogP contribution in [0.2, 0.25) is 0 Å². The Balaban J connectivity index is 1.49. The normalized spacial score (nSPS) is 12.0. The number of carbonyl (C=O) groups excluding carboxylic acids is 2. The summed E-state index contributed by atoms with van der Waals surface area (Å²) in [5.41, 5.74) is 0.690. The number of aromatic nitrogens is 1. The molecule has 3 rings (SSSR count). The summed E-state index contributed by atoms with van der Waals surface area (Å²) in [6, 6.07) is 10.4. The van der Waals surface area contributed by atoms with Crippen LogP contribution < -0.4 is 5.32 Å². The fraction of sp³-hybridized carbons (Fsp3) is 0.286. The lowest BCUT2D eigenvalue weighted by Crippen LogP contribution is -2.31. The van der Waals surface area contributed by atoms with Gasteiger partial charge in [0.25, 0.3) is 5.91 Å². The van der Waals surface area contributed by atoms with Crippen LogP contribution in [-0.4, -0.2) is 35.3 Å². The highest BCUT2D eigenvalue weighted by Crippen LogP contribution is 2.29. The smallest absolute Gasteiger partial charge is 0.254 e. The zero-order valence-electron chi connectivity index (χ0n) is 16.1. The number of hydrogen-bond donors (Lipinski definition) is 1. The quantitative estimate of drug-likeness (QED) is 0.583. The monoisotopic (exact) mass is 417 g/mol. The van der Waals surface area contributed by atoms with Gasteiger partial charge in [-0.2, -0.15) is 0 Å². The van der Waals surface area contributed by atoms with Crippen LogP contribution in [0.3, 0.4) is 0 Å². The Labute approximate surface area is 171 Å². The number of rotatable bonds is 7. The van der Waals surface area contributed by atoms with Gasteiger partial charge >= 0.3 is 0 Å². The van der Waals surface area contributed by atoms with Gasteiger partial charge in [-0.05, 0) is 37.6 Å². The van der Waals surface area contributed by atoms with Gasteiger partial charge in [-0.1, -0.05) is 12.1 Å². The van der Waals surface area contributed by atoms with Crippen LogP contribution in [0.15, 0.2) is 42.5 Å². The van der Waals surface area contributed by atoms with Crippen LogP contribution in [0, 0.1) is 11.6 Å². The molecule has 0 fully saturated rings. The van der Waals surface area contributed by atoms with E-state index in [1.54, 1.807) is 23.3 Å². The molecule has 5 nitrogen and oxygen atoms in total. The van der Waals surface area contributed by atoms with Crippen molar-refractivity contribution in [2.24, 2.45) is 0 Å². The van der Waals surface area contributed by atoms with Crippen molar-refractivity contribution < 1.29 is 18.4 Å². The first kappa shape index (κ1) is 20.9. The SMILES string of the molecule is CC(c1nc2ccccc2s1)N(C)C(=O)CCCNC(=O)c1ccc(F)cc1F. The summed E-state index contributed by atoms with van der Waals surface area (Å²) >= 11 is 1.56. The van der Waals surface area contributed by atoms with E-state index < -0.39 is 17.5 Å². The van der Waals surface area contributed by atoms with Crippen LogP contribution in [0.5, 0.6) is 0 Å². The number of thiazole rings is 1. The van der Waals surface area contributed by atoms with Crippen LogP contribution in [0.4, 0.5) is 8.78 Å². The minimum absolute atomic E-state index is 0.0704. The van der Waals surface area contributed by atoms with E-state index in [2.05, 4.69) is 10.3 Å². The van der Waals surface area contributed by atoms with Gasteiger partial charge in [-0.3, -0.25) is 9.59 Å². The van der Waals surface area contributed by atoms with Gasteiger partial charge in [0.1, 0.15) is 16.6 Å². The number of amides is 2. The third kappa shape index (κ3) is 4.95. The van der Waals surface area contributed by atoms with E-state index in [0.29, 0.717) is 12.5 Å². The molecule has 0 bridgehead atoms. The first-order valence-electron chi connectivity index (χ1n) is 9.21. The summed E-state index contributed by atoms with van der Waals surface area (Å²) in [7, 11) is 1.73. The summed E-state index contributed by atoms with van der Waals surface area (Å²) in [4.78, 5) is 30.7. The summed E-state index contributed by atoms with van der Waals surface area (Å²) < 4.78 is 27.6. The van der Waals surface area contributed by atoms with Gasteiger partial charge in [0.2, 0.25) is 5.91 Å². The molecule has 29 heavy (non-hydrogen) atoms. The number of fused-ring (bicyclic) bond motifs is 1. The molecule has 3 aromatic rings. The van der Waals surface area contributed by atoms with Crippen LogP contribution in [-0.2, 0) is 4.79 Å². The van der Waals surface area contributed by atoms with Crippen molar-refractivity contribution in [3.8, 4) is 0 Å². The summed E-state index contributed by atoms with van der Waals surface area (Å²) in [6.45, 7) is 2.14. The molecule has 8 heteroatoms. The second kappa shape index (κ2) is 9.09. The Hall–Kier alpha value is -2.87. The molecule has 0 radical (unpaired) electrons. The molecule has 1 N–H and O–H groups in total. The van der Waals surface area contributed by atoms with E-state index in [9.17, 15) is 18.4 Å². The van der Waals surface area contributed by atoms with Crippen molar-refractivity contribution in [1.82, 2.24) is 15.2 Å². The Morgan fingerprint density at radius 1 is 1.21 bits per heavy atom. The zero-order chi connectivity index (χ0) is 21.0. The van der Waals surface area contributed by atoms with Gasteiger partial charge in [-0.15, -0.1) is 11.3 Å². The molecule has 0 aliphatic heterocycles. The number of benzene rings is 2. The van der Waals surface area contributed by atoms with Crippen molar-refractivity contribution >= 4 is 33.4 Å². The predicted octanol–water partition coefficient (Wildman–Crippen LogP) is 4.30. The minimum Gasteiger partial charge on any atom is -0.352 e. The van der Waals surface area contributed by atoms with Crippen LogP contribution in [0.1, 0.15) is 41.2 Å². The topological polar surface area (TPSA) is 62.3 Å². The van der Waals surface area contributed by atoms with Crippen molar-refractivity contribution in [3.63, 3.8) is 0 Å². The second-order valence-electron chi connectivity index (χ2n) is 6.68. The average molecular weight is 417 g/mol. The lowest BCUT2D eigenvalue weighted by molar-refractivity contribution is -0.131. The van der Waals surface area contributed by atoms with Gasteiger partial charge in [0.05, 0.1) is 21.8 Å². The van der Waals surface area contributed by atoms with E-state index in [1.165, 1.54) is 0 Å². The first-order valence-corrected chi connectivity index (χ1v) is 10.0. The highest BCUT2D eigenvalue weighted by atomic mass is 32.1. The van der Waals surface area contributed by atoms with Gasteiger partial charge < -0.3 is 10.2 Å². The second-order valence-corrected chi connectivity index (χ2v) is 7.75. The summed E-state index contributed by atoms with van der Waals surface area (Å²) in [5, 5.41) is 3.41. The largest absolute Gasteiger partial charge is 0.352 e. The number of nitrogens with zero attached hydrogens (tertiary/aromatic N) is 2. The van der Waals surface area contributed by atoms with Gasteiger partial charge in [-0.25, -0.2) is 13.8 Å². The van der Waals surface area contributed by atoms with Crippen molar-refractivity contribution in [2.75, 3.05) is 13.6 Å². The lowest BCUT2D eigenvalue weighted by atomic mass is 10.2. The van der Waals surface area contributed by atoms with Crippen molar-refractivity contribution in [2.45, 2.75) is 25.8 Å². The molecule has 2 aromatic carbocycles. The Morgan fingerprint density at radius 3 is 2.69 bits per heavy atom. The molecule has 0 saturated heterocycles. The third-order valence-electron chi connectivity index (χ3n) is 4.67. The molecule has 0 saturated carbocycles. The molecule has 0 spiro atoms. The molecule has 1 heterocycles. The zero-order valence-corrected chi connectivity index (χ0v) is 16.9. The van der Waals surface area contributed by atoms with Crippen molar-refractivity contribution in [1.29, 1.82) is 0 Å². The maximum atomic E-state index is 13.6. The fourth-order valence-electron chi connectivity index (χ4n) is 2.84. The molecular weight excluding hydrogens is 396 g/mol. The highest BCUT2D eigenvalue weighted by Gasteiger charge is 2.20. The van der Waals surface area contributed by atoms with E-state index in [0.717, 1.165) is 27.4 Å². The molecule has 1 atom stereocenters. The average Bonchev–Trinajstić information content (AvgIpc) is 3.14. The predicted molar refractivity (Wildman–Crippen MR) is 109 cm³/mol. The Morgan fingerprint density at radius 2 is 1.97 bits per heavy atom.